The molecule has 0 spiro atoms. The summed E-state index contributed by atoms with van der Waals surface area (Å²) in [6.45, 7) is 1.97. The molecular weight excluding hydrogens is 200 g/mol. The van der Waals surface area contributed by atoms with Gasteiger partial charge in [0.25, 0.3) is 0 Å². The van der Waals surface area contributed by atoms with Crippen LogP contribution in [0.3, 0.4) is 0 Å². The second kappa shape index (κ2) is 4.60. The second-order valence-electron chi connectivity index (χ2n) is 4.33. The molecule has 1 unspecified atom stereocenters. The molecule has 2 nitrogen and oxygen atoms in total. The summed E-state index contributed by atoms with van der Waals surface area (Å²) >= 11 is 0. The number of aryl methyl sites for hydroxylation is 1. The molecule has 1 aromatic rings. The summed E-state index contributed by atoms with van der Waals surface area (Å²) in [4.78, 5) is 23.9. The van der Waals surface area contributed by atoms with E-state index in [2.05, 4.69) is 0 Å². The maximum atomic E-state index is 12.1. The predicted octanol–water partition coefficient (Wildman–Crippen LogP) is 2.80. The number of hydrogen-bond acceptors (Lipinski definition) is 2. The van der Waals surface area contributed by atoms with Crippen molar-refractivity contribution in [2.45, 2.75) is 32.6 Å². The molecule has 0 N–H and O–H groups in total. The number of hydrogen-bond donors (Lipinski definition) is 0. The molecule has 0 aromatic heterocycles. The molecular formula is C14H16O2. The van der Waals surface area contributed by atoms with E-state index in [0.29, 0.717) is 12.8 Å². The number of ketones is 2. The second-order valence-corrected chi connectivity index (χ2v) is 4.33. The Bertz CT molecular complexity index is 420. The van der Waals surface area contributed by atoms with E-state index in [0.717, 1.165) is 24.0 Å². The molecule has 0 radical (unpaired) electrons. The SMILES string of the molecule is CCCC(=O)C1CCc2ccccc2C1=O. The van der Waals surface area contributed by atoms with E-state index in [4.69, 9.17) is 0 Å². The molecule has 0 fully saturated rings. The standard InChI is InChI=1S/C14H16O2/c1-2-5-13(15)12-9-8-10-6-3-4-7-11(10)14(12)16/h3-4,6-7,12H,2,5,8-9H2,1H3. The summed E-state index contributed by atoms with van der Waals surface area (Å²) in [6, 6.07) is 7.63. The zero-order valence-electron chi connectivity index (χ0n) is 9.53. The van der Waals surface area contributed by atoms with Crippen molar-refractivity contribution in [3.63, 3.8) is 0 Å². The largest absolute Gasteiger partial charge is 0.299 e. The summed E-state index contributed by atoms with van der Waals surface area (Å²) in [5.41, 5.74) is 1.84. The molecule has 0 bridgehead atoms. The normalized spacial score (nSPS) is 19.3. The fourth-order valence-electron chi connectivity index (χ4n) is 2.33. The van der Waals surface area contributed by atoms with Crippen LogP contribution in [0.4, 0.5) is 0 Å². The number of benzene rings is 1. The van der Waals surface area contributed by atoms with E-state index in [1.807, 2.05) is 31.2 Å². The molecule has 2 rings (SSSR count). The van der Waals surface area contributed by atoms with Crippen LogP contribution >= 0.6 is 0 Å². The Kier molecular flexibility index (Phi) is 3.18. The van der Waals surface area contributed by atoms with Crippen molar-refractivity contribution < 1.29 is 9.59 Å². The molecule has 1 aliphatic carbocycles. The Morgan fingerprint density at radius 3 is 2.88 bits per heavy atom. The van der Waals surface area contributed by atoms with Gasteiger partial charge in [0.1, 0.15) is 5.78 Å². The average Bonchev–Trinajstić information content (AvgIpc) is 2.30. The molecule has 0 amide bonds. The maximum absolute atomic E-state index is 12.1. The fourth-order valence-corrected chi connectivity index (χ4v) is 2.33. The van der Waals surface area contributed by atoms with Crippen molar-refractivity contribution in [2.75, 3.05) is 0 Å². The number of carbonyl (C=O) groups excluding carboxylic acids is 2. The molecule has 0 saturated heterocycles. The summed E-state index contributed by atoms with van der Waals surface area (Å²) in [5, 5.41) is 0. The quantitative estimate of drug-likeness (QED) is 0.728. The van der Waals surface area contributed by atoms with Gasteiger partial charge in [-0.2, -0.15) is 0 Å². The van der Waals surface area contributed by atoms with E-state index in [1.54, 1.807) is 0 Å². The van der Waals surface area contributed by atoms with Gasteiger partial charge in [-0.05, 0) is 24.8 Å². The smallest absolute Gasteiger partial charge is 0.173 e. The van der Waals surface area contributed by atoms with Gasteiger partial charge in [-0.3, -0.25) is 9.59 Å². The lowest BCUT2D eigenvalue weighted by Gasteiger charge is -2.21. The Morgan fingerprint density at radius 2 is 2.12 bits per heavy atom. The average molecular weight is 216 g/mol. The van der Waals surface area contributed by atoms with Gasteiger partial charge in [-0.1, -0.05) is 31.2 Å². The molecule has 2 heteroatoms. The monoisotopic (exact) mass is 216 g/mol. The highest BCUT2D eigenvalue weighted by Gasteiger charge is 2.31. The number of rotatable bonds is 3. The van der Waals surface area contributed by atoms with E-state index in [-0.39, 0.29) is 17.5 Å². The van der Waals surface area contributed by atoms with Crippen LogP contribution in [-0.4, -0.2) is 11.6 Å². The van der Waals surface area contributed by atoms with Crippen LogP contribution in [0.2, 0.25) is 0 Å². The van der Waals surface area contributed by atoms with Crippen LogP contribution in [0.5, 0.6) is 0 Å². The lowest BCUT2D eigenvalue weighted by atomic mass is 9.80. The molecule has 84 valence electrons. The zero-order valence-corrected chi connectivity index (χ0v) is 9.53. The van der Waals surface area contributed by atoms with Gasteiger partial charge in [0, 0.05) is 12.0 Å². The van der Waals surface area contributed by atoms with Crippen LogP contribution < -0.4 is 0 Å². The highest BCUT2D eigenvalue weighted by molar-refractivity contribution is 6.12. The lowest BCUT2D eigenvalue weighted by molar-refractivity contribution is -0.121. The molecule has 1 aliphatic rings. The zero-order chi connectivity index (χ0) is 11.5. The van der Waals surface area contributed by atoms with Crippen molar-refractivity contribution in [3.05, 3.63) is 35.4 Å². The first-order valence-electron chi connectivity index (χ1n) is 5.89. The summed E-state index contributed by atoms with van der Waals surface area (Å²) in [5.74, 6) is -0.239. The first-order chi connectivity index (χ1) is 7.74. The van der Waals surface area contributed by atoms with Crippen molar-refractivity contribution >= 4 is 11.6 Å². The van der Waals surface area contributed by atoms with Crippen LogP contribution in [0.1, 0.15) is 42.1 Å². The fraction of sp³-hybridized carbons (Fsp3) is 0.429. The number of fused-ring (bicyclic) bond motifs is 1. The van der Waals surface area contributed by atoms with Gasteiger partial charge in [-0.25, -0.2) is 0 Å². The lowest BCUT2D eigenvalue weighted by Crippen LogP contribution is -2.29. The third kappa shape index (κ3) is 1.92. The molecule has 0 aliphatic heterocycles. The maximum Gasteiger partial charge on any atom is 0.173 e. The Hall–Kier alpha value is -1.44. The van der Waals surface area contributed by atoms with Crippen molar-refractivity contribution in [1.82, 2.24) is 0 Å². The third-order valence-electron chi connectivity index (χ3n) is 3.19. The van der Waals surface area contributed by atoms with Gasteiger partial charge in [0.15, 0.2) is 5.78 Å². The van der Waals surface area contributed by atoms with E-state index >= 15 is 0 Å². The third-order valence-corrected chi connectivity index (χ3v) is 3.19. The van der Waals surface area contributed by atoms with Gasteiger partial charge in [-0.15, -0.1) is 0 Å². The van der Waals surface area contributed by atoms with Crippen LogP contribution in [-0.2, 0) is 11.2 Å². The van der Waals surface area contributed by atoms with E-state index in [9.17, 15) is 9.59 Å². The predicted molar refractivity (Wildman–Crippen MR) is 62.5 cm³/mol. The summed E-state index contributed by atoms with van der Waals surface area (Å²) in [7, 11) is 0. The molecule has 0 saturated carbocycles. The van der Waals surface area contributed by atoms with Crippen LogP contribution in [0.25, 0.3) is 0 Å². The van der Waals surface area contributed by atoms with Gasteiger partial charge in [0.2, 0.25) is 0 Å². The van der Waals surface area contributed by atoms with E-state index < -0.39 is 0 Å². The minimum atomic E-state index is -0.380. The number of carbonyl (C=O) groups is 2. The van der Waals surface area contributed by atoms with E-state index in [1.165, 1.54) is 0 Å². The molecule has 0 heterocycles. The first-order valence-corrected chi connectivity index (χ1v) is 5.89. The van der Waals surface area contributed by atoms with Gasteiger partial charge in [0.05, 0.1) is 5.92 Å². The van der Waals surface area contributed by atoms with Crippen molar-refractivity contribution in [1.29, 1.82) is 0 Å². The van der Waals surface area contributed by atoms with Crippen molar-refractivity contribution in [2.24, 2.45) is 5.92 Å². The minimum absolute atomic E-state index is 0.0281. The topological polar surface area (TPSA) is 34.1 Å². The Labute approximate surface area is 95.7 Å². The van der Waals surface area contributed by atoms with Crippen LogP contribution in [0, 0.1) is 5.92 Å². The Morgan fingerprint density at radius 1 is 1.38 bits per heavy atom. The molecule has 1 atom stereocenters. The molecule has 16 heavy (non-hydrogen) atoms. The van der Waals surface area contributed by atoms with Crippen LogP contribution in [0.15, 0.2) is 24.3 Å². The summed E-state index contributed by atoms with van der Waals surface area (Å²) < 4.78 is 0. The highest BCUT2D eigenvalue weighted by Crippen LogP contribution is 2.26. The van der Waals surface area contributed by atoms with Gasteiger partial charge >= 0.3 is 0 Å². The van der Waals surface area contributed by atoms with Gasteiger partial charge < -0.3 is 0 Å². The molecule has 1 aromatic carbocycles. The first kappa shape index (κ1) is 11.1. The summed E-state index contributed by atoms with van der Waals surface area (Å²) in [6.07, 6.45) is 2.89. The van der Waals surface area contributed by atoms with Crippen molar-refractivity contribution in [3.8, 4) is 0 Å². The minimum Gasteiger partial charge on any atom is -0.299 e. The number of Topliss-reactive ketones (excluding diaryl/α,β-unsaturated/α-hetero) is 2. The highest BCUT2D eigenvalue weighted by atomic mass is 16.1. The Balaban J connectivity index is 2.24.